The lowest BCUT2D eigenvalue weighted by atomic mass is 10.0. The molecule has 0 spiro atoms. The van der Waals surface area contributed by atoms with Crippen LogP contribution in [0.5, 0.6) is 0 Å². The standard InChI is InChI=1S/C12H18N4O4/c1-7(17)15-9(4-8-5-13-6-14-8)10(18)16-12(2,3)11(19)20/h5-6,9H,4H2,1-3H3,(H,13,14)(H,15,17)(H,16,18)(H,19,20). The summed E-state index contributed by atoms with van der Waals surface area (Å²) in [5.74, 6) is -2.10. The van der Waals surface area contributed by atoms with Crippen molar-refractivity contribution in [3.8, 4) is 0 Å². The number of aromatic amines is 1. The Labute approximate surface area is 116 Å². The normalized spacial score (nSPS) is 12.6. The fourth-order valence-electron chi connectivity index (χ4n) is 1.52. The van der Waals surface area contributed by atoms with E-state index in [9.17, 15) is 14.4 Å². The van der Waals surface area contributed by atoms with Crippen LogP contribution in [0, 0.1) is 0 Å². The molecule has 1 unspecified atom stereocenters. The molecule has 0 fully saturated rings. The summed E-state index contributed by atoms with van der Waals surface area (Å²) < 4.78 is 0. The van der Waals surface area contributed by atoms with Gasteiger partial charge < -0.3 is 20.7 Å². The van der Waals surface area contributed by atoms with Gasteiger partial charge in [0.05, 0.1) is 6.33 Å². The van der Waals surface area contributed by atoms with Gasteiger partial charge in [-0.3, -0.25) is 9.59 Å². The highest BCUT2D eigenvalue weighted by atomic mass is 16.4. The molecule has 1 heterocycles. The van der Waals surface area contributed by atoms with Crippen molar-refractivity contribution in [3.63, 3.8) is 0 Å². The van der Waals surface area contributed by atoms with Crippen LogP contribution < -0.4 is 10.6 Å². The van der Waals surface area contributed by atoms with E-state index in [1.165, 1.54) is 33.3 Å². The van der Waals surface area contributed by atoms with Crippen molar-refractivity contribution in [1.29, 1.82) is 0 Å². The van der Waals surface area contributed by atoms with E-state index in [4.69, 9.17) is 5.11 Å². The highest BCUT2D eigenvalue weighted by Crippen LogP contribution is 2.05. The molecular formula is C12H18N4O4. The van der Waals surface area contributed by atoms with Gasteiger partial charge in [0.15, 0.2) is 0 Å². The van der Waals surface area contributed by atoms with E-state index in [2.05, 4.69) is 20.6 Å². The third kappa shape index (κ3) is 4.38. The third-order valence-electron chi connectivity index (χ3n) is 2.64. The number of carbonyl (C=O) groups is 3. The Hall–Kier alpha value is -2.38. The molecule has 0 saturated carbocycles. The minimum absolute atomic E-state index is 0.196. The zero-order valence-corrected chi connectivity index (χ0v) is 11.6. The molecule has 0 aromatic carbocycles. The number of carboxylic acid groups (broad SMARTS) is 1. The smallest absolute Gasteiger partial charge is 0.328 e. The van der Waals surface area contributed by atoms with Crippen LogP contribution >= 0.6 is 0 Å². The Morgan fingerprint density at radius 2 is 2.10 bits per heavy atom. The Morgan fingerprint density at radius 1 is 1.45 bits per heavy atom. The van der Waals surface area contributed by atoms with Gasteiger partial charge in [0.1, 0.15) is 11.6 Å². The second-order valence-corrected chi connectivity index (χ2v) is 4.95. The molecule has 1 atom stereocenters. The predicted octanol–water partition coefficient (Wildman–Crippen LogP) is -0.564. The average molecular weight is 282 g/mol. The van der Waals surface area contributed by atoms with Crippen molar-refractivity contribution < 1.29 is 19.5 Å². The lowest BCUT2D eigenvalue weighted by Crippen LogP contribution is -2.56. The van der Waals surface area contributed by atoms with Gasteiger partial charge in [0, 0.05) is 25.2 Å². The summed E-state index contributed by atoms with van der Waals surface area (Å²) in [7, 11) is 0. The van der Waals surface area contributed by atoms with Crippen LogP contribution in [-0.4, -0.2) is 44.4 Å². The summed E-state index contributed by atoms with van der Waals surface area (Å²) in [5.41, 5.74) is -0.756. The van der Waals surface area contributed by atoms with Crippen LogP contribution in [0.1, 0.15) is 26.5 Å². The highest BCUT2D eigenvalue weighted by molar-refractivity contribution is 5.91. The monoisotopic (exact) mass is 282 g/mol. The first-order valence-corrected chi connectivity index (χ1v) is 6.02. The van der Waals surface area contributed by atoms with E-state index in [1.807, 2.05) is 0 Å². The van der Waals surface area contributed by atoms with Gasteiger partial charge in [0.2, 0.25) is 11.8 Å². The van der Waals surface area contributed by atoms with Gasteiger partial charge >= 0.3 is 5.97 Å². The second kappa shape index (κ2) is 6.18. The summed E-state index contributed by atoms with van der Waals surface area (Å²) >= 11 is 0. The third-order valence-corrected chi connectivity index (χ3v) is 2.64. The first-order chi connectivity index (χ1) is 9.22. The topological polar surface area (TPSA) is 124 Å². The minimum Gasteiger partial charge on any atom is -0.480 e. The molecule has 2 amide bonds. The fourth-order valence-corrected chi connectivity index (χ4v) is 1.52. The Bertz CT molecular complexity index is 496. The molecule has 0 aliphatic carbocycles. The van der Waals surface area contributed by atoms with Crippen LogP contribution in [0.2, 0.25) is 0 Å². The maximum atomic E-state index is 12.1. The van der Waals surface area contributed by atoms with Gasteiger partial charge in [-0.25, -0.2) is 9.78 Å². The minimum atomic E-state index is -1.41. The zero-order chi connectivity index (χ0) is 15.3. The van der Waals surface area contributed by atoms with Crippen molar-refractivity contribution in [2.75, 3.05) is 0 Å². The molecule has 20 heavy (non-hydrogen) atoms. The van der Waals surface area contributed by atoms with Crippen molar-refractivity contribution in [3.05, 3.63) is 18.2 Å². The fraction of sp³-hybridized carbons (Fsp3) is 0.500. The van der Waals surface area contributed by atoms with Crippen LogP contribution in [-0.2, 0) is 20.8 Å². The van der Waals surface area contributed by atoms with Crippen molar-refractivity contribution >= 4 is 17.8 Å². The summed E-state index contributed by atoms with van der Waals surface area (Å²) in [6, 6.07) is -0.869. The molecule has 0 radical (unpaired) electrons. The molecule has 0 bridgehead atoms. The van der Waals surface area contributed by atoms with Gasteiger partial charge in [0.25, 0.3) is 0 Å². The lowest BCUT2D eigenvalue weighted by molar-refractivity contribution is -0.146. The van der Waals surface area contributed by atoms with Crippen LogP contribution in [0.25, 0.3) is 0 Å². The van der Waals surface area contributed by atoms with Crippen LogP contribution in [0.4, 0.5) is 0 Å². The molecule has 1 rings (SSSR count). The molecular weight excluding hydrogens is 264 g/mol. The number of nitrogens with zero attached hydrogens (tertiary/aromatic N) is 1. The number of aromatic nitrogens is 2. The molecule has 1 aromatic heterocycles. The number of amides is 2. The van der Waals surface area contributed by atoms with Gasteiger partial charge in [-0.1, -0.05) is 0 Å². The van der Waals surface area contributed by atoms with E-state index >= 15 is 0 Å². The number of hydrogen-bond donors (Lipinski definition) is 4. The predicted molar refractivity (Wildman–Crippen MR) is 69.8 cm³/mol. The number of imidazole rings is 1. The number of hydrogen-bond acceptors (Lipinski definition) is 4. The zero-order valence-electron chi connectivity index (χ0n) is 11.6. The number of carbonyl (C=O) groups excluding carboxylic acids is 2. The van der Waals surface area contributed by atoms with Crippen LogP contribution in [0.15, 0.2) is 12.5 Å². The number of nitrogens with one attached hydrogen (secondary N) is 3. The first kappa shape index (κ1) is 15.7. The SMILES string of the molecule is CC(=O)NC(Cc1cnc[nH]1)C(=O)NC(C)(C)C(=O)O. The summed E-state index contributed by atoms with van der Waals surface area (Å²) in [6.45, 7) is 4.03. The van der Waals surface area contributed by atoms with Gasteiger partial charge in [-0.15, -0.1) is 0 Å². The Kier molecular flexibility index (Phi) is 4.84. The number of H-pyrrole nitrogens is 1. The van der Waals surface area contributed by atoms with E-state index < -0.39 is 23.5 Å². The van der Waals surface area contributed by atoms with Gasteiger partial charge in [-0.2, -0.15) is 0 Å². The van der Waals surface area contributed by atoms with E-state index in [-0.39, 0.29) is 12.3 Å². The molecule has 8 heteroatoms. The van der Waals surface area contributed by atoms with Crippen molar-refractivity contribution in [1.82, 2.24) is 20.6 Å². The van der Waals surface area contributed by atoms with Gasteiger partial charge in [-0.05, 0) is 13.8 Å². The lowest BCUT2D eigenvalue weighted by Gasteiger charge is -2.25. The quantitative estimate of drug-likeness (QED) is 0.556. The maximum absolute atomic E-state index is 12.1. The molecule has 0 saturated heterocycles. The maximum Gasteiger partial charge on any atom is 0.328 e. The largest absolute Gasteiger partial charge is 0.480 e. The molecule has 8 nitrogen and oxygen atoms in total. The average Bonchev–Trinajstić information content (AvgIpc) is 2.79. The van der Waals surface area contributed by atoms with E-state index in [0.717, 1.165) is 0 Å². The Morgan fingerprint density at radius 3 is 2.55 bits per heavy atom. The first-order valence-electron chi connectivity index (χ1n) is 6.02. The number of rotatable bonds is 6. The summed E-state index contributed by atoms with van der Waals surface area (Å²) in [5, 5.41) is 13.9. The molecule has 110 valence electrons. The molecule has 0 aliphatic rings. The molecule has 0 aliphatic heterocycles. The Balaban J connectivity index is 2.79. The molecule has 4 N–H and O–H groups in total. The van der Waals surface area contributed by atoms with Crippen molar-refractivity contribution in [2.24, 2.45) is 0 Å². The summed E-state index contributed by atoms with van der Waals surface area (Å²) in [4.78, 5) is 40.9. The number of carboxylic acids is 1. The highest BCUT2D eigenvalue weighted by Gasteiger charge is 2.32. The second-order valence-electron chi connectivity index (χ2n) is 4.95. The van der Waals surface area contributed by atoms with Crippen LogP contribution in [0.3, 0.4) is 0 Å². The van der Waals surface area contributed by atoms with E-state index in [0.29, 0.717) is 5.69 Å². The number of aliphatic carboxylic acids is 1. The summed E-state index contributed by atoms with van der Waals surface area (Å²) in [6.07, 6.45) is 3.19. The molecule has 1 aromatic rings. The van der Waals surface area contributed by atoms with Crippen molar-refractivity contribution in [2.45, 2.75) is 38.8 Å². The van der Waals surface area contributed by atoms with E-state index in [1.54, 1.807) is 0 Å².